The first kappa shape index (κ1) is 20.3. The van der Waals surface area contributed by atoms with Gasteiger partial charge in [-0.25, -0.2) is 4.79 Å². The second kappa shape index (κ2) is 8.74. The van der Waals surface area contributed by atoms with Gasteiger partial charge in [-0.1, -0.05) is 60.2 Å². The zero-order valence-electron chi connectivity index (χ0n) is 17.2. The molecule has 0 aliphatic rings. The van der Waals surface area contributed by atoms with E-state index >= 15 is 0 Å². The van der Waals surface area contributed by atoms with Gasteiger partial charge in [-0.15, -0.1) is 0 Å². The van der Waals surface area contributed by atoms with E-state index in [2.05, 4.69) is 5.32 Å². The lowest BCUT2D eigenvalue weighted by Crippen LogP contribution is -2.30. The van der Waals surface area contributed by atoms with Crippen molar-refractivity contribution in [2.75, 3.05) is 5.32 Å². The number of anilines is 1. The van der Waals surface area contributed by atoms with E-state index in [1.165, 1.54) is 6.08 Å². The third-order valence-corrected chi connectivity index (χ3v) is 4.81. The Balaban J connectivity index is 1.66. The van der Waals surface area contributed by atoms with Crippen LogP contribution in [0, 0.1) is 20.8 Å². The van der Waals surface area contributed by atoms with Crippen LogP contribution in [0.3, 0.4) is 0 Å². The van der Waals surface area contributed by atoms with Gasteiger partial charge in [0.1, 0.15) is 0 Å². The van der Waals surface area contributed by atoms with Crippen molar-refractivity contribution in [3.05, 3.63) is 82.9 Å². The molecular formula is C25H25NO3. The lowest BCUT2D eigenvalue weighted by atomic mass is 10.0. The standard InChI is InChI=1S/C25H25NO3/c1-16-14-17(2)24(18(3)15-16)26-25(28)19(4)29-23(27)13-12-21-10-7-9-20-8-5-6-11-22(20)21/h5-15,19H,1-4H3,(H,26,28)/b13-12+. The smallest absolute Gasteiger partial charge is 0.331 e. The zero-order valence-corrected chi connectivity index (χ0v) is 17.2. The van der Waals surface area contributed by atoms with Crippen LogP contribution in [0.15, 0.2) is 60.7 Å². The SMILES string of the molecule is Cc1cc(C)c(NC(=O)C(C)OC(=O)/C=C/c2cccc3ccccc23)c(C)c1. The van der Waals surface area contributed by atoms with E-state index in [1.807, 2.05) is 75.4 Å². The van der Waals surface area contributed by atoms with Crippen LogP contribution in [0.2, 0.25) is 0 Å². The van der Waals surface area contributed by atoms with Gasteiger partial charge >= 0.3 is 5.97 Å². The van der Waals surface area contributed by atoms with Gasteiger partial charge < -0.3 is 10.1 Å². The fourth-order valence-electron chi connectivity index (χ4n) is 3.42. The molecule has 4 nitrogen and oxygen atoms in total. The van der Waals surface area contributed by atoms with Crippen molar-refractivity contribution in [3.8, 4) is 0 Å². The monoisotopic (exact) mass is 387 g/mol. The Morgan fingerprint density at radius 1 is 0.966 bits per heavy atom. The maximum Gasteiger partial charge on any atom is 0.331 e. The van der Waals surface area contributed by atoms with Gasteiger partial charge in [0.2, 0.25) is 0 Å². The molecule has 0 saturated heterocycles. The molecule has 148 valence electrons. The van der Waals surface area contributed by atoms with Gasteiger partial charge in [-0.05, 0) is 61.2 Å². The maximum absolute atomic E-state index is 12.5. The number of esters is 1. The Bertz CT molecular complexity index is 1070. The highest BCUT2D eigenvalue weighted by molar-refractivity contribution is 5.98. The highest BCUT2D eigenvalue weighted by atomic mass is 16.5. The Hall–Kier alpha value is -3.40. The third-order valence-electron chi connectivity index (χ3n) is 4.81. The number of nitrogens with one attached hydrogen (secondary N) is 1. The minimum atomic E-state index is -0.903. The summed E-state index contributed by atoms with van der Waals surface area (Å²) in [6.45, 7) is 7.47. The molecule has 4 heteroatoms. The van der Waals surface area contributed by atoms with Crippen molar-refractivity contribution >= 4 is 34.4 Å². The van der Waals surface area contributed by atoms with Gasteiger partial charge in [-0.3, -0.25) is 4.79 Å². The molecule has 0 aliphatic carbocycles. The van der Waals surface area contributed by atoms with Gasteiger partial charge in [0.25, 0.3) is 5.91 Å². The quantitative estimate of drug-likeness (QED) is 0.474. The van der Waals surface area contributed by atoms with E-state index in [9.17, 15) is 9.59 Å². The van der Waals surface area contributed by atoms with Gasteiger partial charge in [0, 0.05) is 11.8 Å². The topological polar surface area (TPSA) is 55.4 Å². The summed E-state index contributed by atoms with van der Waals surface area (Å²) < 4.78 is 5.28. The Morgan fingerprint density at radius 3 is 2.34 bits per heavy atom. The molecule has 0 fully saturated rings. The summed E-state index contributed by atoms with van der Waals surface area (Å²) in [6, 6.07) is 17.9. The number of carbonyl (C=O) groups is 2. The number of hydrogen-bond donors (Lipinski definition) is 1. The third kappa shape index (κ3) is 4.91. The van der Waals surface area contributed by atoms with E-state index in [0.29, 0.717) is 0 Å². The maximum atomic E-state index is 12.5. The summed E-state index contributed by atoms with van der Waals surface area (Å²) in [4.78, 5) is 24.7. The molecule has 0 saturated carbocycles. The molecule has 0 aromatic heterocycles. The fraction of sp³-hybridized carbons (Fsp3) is 0.200. The van der Waals surface area contributed by atoms with Crippen LogP contribution in [0.1, 0.15) is 29.2 Å². The largest absolute Gasteiger partial charge is 0.449 e. The molecule has 1 unspecified atom stereocenters. The van der Waals surface area contributed by atoms with Crippen LogP contribution in [-0.4, -0.2) is 18.0 Å². The van der Waals surface area contributed by atoms with Crippen LogP contribution < -0.4 is 5.32 Å². The lowest BCUT2D eigenvalue weighted by Gasteiger charge is -2.16. The molecule has 3 aromatic carbocycles. The molecule has 3 aromatic rings. The highest BCUT2D eigenvalue weighted by Crippen LogP contribution is 2.22. The second-order valence-electron chi connectivity index (χ2n) is 7.24. The predicted octanol–water partition coefficient (Wildman–Crippen LogP) is 5.35. The van der Waals surface area contributed by atoms with E-state index in [0.717, 1.165) is 38.7 Å². The van der Waals surface area contributed by atoms with Crippen molar-refractivity contribution in [1.82, 2.24) is 0 Å². The average Bonchev–Trinajstić information content (AvgIpc) is 2.68. The van der Waals surface area contributed by atoms with E-state index in [1.54, 1.807) is 13.0 Å². The number of rotatable bonds is 5. The number of amides is 1. The van der Waals surface area contributed by atoms with Crippen LogP contribution >= 0.6 is 0 Å². The van der Waals surface area contributed by atoms with Crippen LogP contribution in [0.4, 0.5) is 5.69 Å². The van der Waals surface area contributed by atoms with Crippen molar-refractivity contribution in [3.63, 3.8) is 0 Å². The minimum Gasteiger partial charge on any atom is -0.449 e. The molecule has 0 radical (unpaired) electrons. The molecule has 1 amide bonds. The predicted molar refractivity (Wildman–Crippen MR) is 118 cm³/mol. The zero-order chi connectivity index (χ0) is 21.0. The normalized spacial score (nSPS) is 12.1. The van der Waals surface area contributed by atoms with Gasteiger partial charge in [0.15, 0.2) is 6.10 Å². The molecule has 0 spiro atoms. The van der Waals surface area contributed by atoms with E-state index < -0.39 is 12.1 Å². The number of fused-ring (bicyclic) bond motifs is 1. The van der Waals surface area contributed by atoms with Crippen LogP contribution in [0.25, 0.3) is 16.8 Å². The average molecular weight is 387 g/mol. The van der Waals surface area contributed by atoms with E-state index in [4.69, 9.17) is 4.74 Å². The lowest BCUT2D eigenvalue weighted by molar-refractivity contribution is -0.148. The number of ether oxygens (including phenoxy) is 1. The molecule has 1 N–H and O–H groups in total. The van der Waals surface area contributed by atoms with Gasteiger partial charge in [0.05, 0.1) is 0 Å². The summed E-state index contributed by atoms with van der Waals surface area (Å²) in [6.07, 6.45) is 2.16. The highest BCUT2D eigenvalue weighted by Gasteiger charge is 2.18. The molecule has 3 rings (SSSR count). The summed E-state index contributed by atoms with van der Waals surface area (Å²) in [7, 11) is 0. The first-order chi connectivity index (χ1) is 13.8. The Labute approximate surface area is 171 Å². The Morgan fingerprint density at radius 2 is 1.62 bits per heavy atom. The van der Waals surface area contributed by atoms with Crippen LogP contribution in [0.5, 0.6) is 0 Å². The van der Waals surface area contributed by atoms with Gasteiger partial charge in [-0.2, -0.15) is 0 Å². The molecule has 0 bridgehead atoms. The van der Waals surface area contributed by atoms with E-state index in [-0.39, 0.29) is 5.91 Å². The molecule has 0 aliphatic heterocycles. The van der Waals surface area contributed by atoms with Crippen molar-refractivity contribution in [1.29, 1.82) is 0 Å². The first-order valence-electron chi connectivity index (χ1n) is 9.60. The number of benzene rings is 3. The number of aryl methyl sites for hydroxylation is 3. The molecule has 1 atom stereocenters. The number of hydrogen-bond acceptors (Lipinski definition) is 3. The van der Waals surface area contributed by atoms with Crippen molar-refractivity contribution in [2.45, 2.75) is 33.8 Å². The molecular weight excluding hydrogens is 362 g/mol. The Kier molecular flexibility index (Phi) is 6.13. The summed E-state index contributed by atoms with van der Waals surface area (Å²) >= 11 is 0. The second-order valence-corrected chi connectivity index (χ2v) is 7.24. The fourth-order valence-corrected chi connectivity index (χ4v) is 3.42. The first-order valence-corrected chi connectivity index (χ1v) is 9.60. The van der Waals surface area contributed by atoms with Crippen LogP contribution in [-0.2, 0) is 14.3 Å². The summed E-state index contributed by atoms with van der Waals surface area (Å²) in [5.74, 6) is -0.912. The van der Waals surface area contributed by atoms with Crippen molar-refractivity contribution in [2.24, 2.45) is 0 Å². The summed E-state index contributed by atoms with van der Waals surface area (Å²) in [5, 5.41) is 5.02. The summed E-state index contributed by atoms with van der Waals surface area (Å²) in [5.41, 5.74) is 4.77. The molecule has 0 heterocycles. The number of carbonyl (C=O) groups excluding carboxylic acids is 2. The molecule has 29 heavy (non-hydrogen) atoms. The van der Waals surface area contributed by atoms with Crippen molar-refractivity contribution < 1.29 is 14.3 Å². The minimum absolute atomic E-state index is 0.355.